The predicted octanol–water partition coefficient (Wildman–Crippen LogP) is 3.53. The van der Waals surface area contributed by atoms with Crippen molar-refractivity contribution in [1.29, 1.82) is 0 Å². The molecular formula is C21H25N3O2S. The zero-order valence-electron chi connectivity index (χ0n) is 15.6. The smallest absolute Gasteiger partial charge is 0.208 e. The van der Waals surface area contributed by atoms with E-state index in [-0.39, 0.29) is 0 Å². The van der Waals surface area contributed by atoms with Gasteiger partial charge in [-0.3, -0.25) is 4.90 Å². The number of hydrogen-bond acceptors (Lipinski definition) is 4. The van der Waals surface area contributed by atoms with Crippen LogP contribution in [-0.4, -0.2) is 51.0 Å². The number of nitrogens with one attached hydrogen (secondary N) is 1. The van der Waals surface area contributed by atoms with Crippen molar-refractivity contribution in [2.24, 2.45) is 0 Å². The first-order valence-corrected chi connectivity index (χ1v) is 11.0. The zero-order valence-corrected chi connectivity index (χ0v) is 16.4. The number of nitrogens with zero attached hydrogens (tertiary/aromatic N) is 2. The molecule has 0 amide bonds. The first-order valence-electron chi connectivity index (χ1n) is 9.49. The molecule has 27 heavy (non-hydrogen) atoms. The maximum Gasteiger partial charge on any atom is 0.208 e. The van der Waals surface area contributed by atoms with Crippen LogP contribution in [0, 0.1) is 0 Å². The highest BCUT2D eigenvalue weighted by Crippen LogP contribution is 2.33. The SMILES string of the molecule is CCCN1CCN(c2cccc3c(S(=O)(=O)c4ccccc4)c[nH]c23)CC1. The largest absolute Gasteiger partial charge is 0.367 e. The van der Waals surface area contributed by atoms with Crippen LogP contribution in [0.5, 0.6) is 0 Å². The number of piperazine rings is 1. The predicted molar refractivity (Wildman–Crippen MR) is 109 cm³/mol. The van der Waals surface area contributed by atoms with Crippen molar-refractivity contribution in [3.05, 3.63) is 54.7 Å². The molecule has 142 valence electrons. The van der Waals surface area contributed by atoms with Crippen molar-refractivity contribution < 1.29 is 8.42 Å². The quantitative estimate of drug-likeness (QED) is 0.732. The fourth-order valence-corrected chi connectivity index (χ4v) is 5.30. The summed E-state index contributed by atoms with van der Waals surface area (Å²) in [4.78, 5) is 8.73. The fraction of sp³-hybridized carbons (Fsp3) is 0.333. The molecule has 1 N–H and O–H groups in total. The molecule has 3 aromatic rings. The van der Waals surface area contributed by atoms with Crippen LogP contribution in [-0.2, 0) is 9.84 Å². The van der Waals surface area contributed by atoms with Gasteiger partial charge in [0.1, 0.15) is 0 Å². The molecule has 0 aliphatic carbocycles. The minimum absolute atomic E-state index is 0.324. The van der Waals surface area contributed by atoms with Crippen molar-refractivity contribution in [2.75, 3.05) is 37.6 Å². The fourth-order valence-electron chi connectivity index (χ4n) is 3.85. The topological polar surface area (TPSA) is 56.4 Å². The van der Waals surface area contributed by atoms with E-state index in [1.165, 1.54) is 6.42 Å². The molecule has 2 heterocycles. The van der Waals surface area contributed by atoms with Crippen LogP contribution in [0.1, 0.15) is 13.3 Å². The summed E-state index contributed by atoms with van der Waals surface area (Å²) >= 11 is 0. The van der Waals surface area contributed by atoms with Crippen molar-refractivity contribution >= 4 is 26.4 Å². The van der Waals surface area contributed by atoms with Crippen molar-refractivity contribution in [3.8, 4) is 0 Å². The number of hydrogen-bond donors (Lipinski definition) is 1. The van der Waals surface area contributed by atoms with E-state index in [1.54, 1.807) is 30.5 Å². The Kier molecular flexibility index (Phi) is 4.93. The first kappa shape index (κ1) is 18.1. The van der Waals surface area contributed by atoms with Gasteiger partial charge in [-0.15, -0.1) is 0 Å². The van der Waals surface area contributed by atoms with Gasteiger partial charge in [0.2, 0.25) is 9.84 Å². The maximum atomic E-state index is 13.1. The van der Waals surface area contributed by atoms with Crippen LogP contribution in [0.15, 0.2) is 64.5 Å². The molecule has 1 aromatic heterocycles. The first-order chi connectivity index (χ1) is 13.1. The second kappa shape index (κ2) is 7.37. The van der Waals surface area contributed by atoms with Gasteiger partial charge >= 0.3 is 0 Å². The standard InChI is InChI=1S/C21H25N3O2S/c1-2-11-23-12-14-24(15-13-23)19-10-6-9-18-20(16-22-21(18)19)27(25,26)17-7-4-3-5-8-17/h3-10,16,22H,2,11-15H2,1H3. The van der Waals surface area contributed by atoms with Crippen LogP contribution < -0.4 is 4.90 Å². The molecule has 0 saturated carbocycles. The molecule has 0 spiro atoms. The number of rotatable bonds is 5. The third kappa shape index (κ3) is 3.35. The maximum absolute atomic E-state index is 13.1. The number of para-hydroxylation sites is 1. The normalized spacial score (nSPS) is 16.1. The number of benzene rings is 2. The summed E-state index contributed by atoms with van der Waals surface area (Å²) in [5.74, 6) is 0. The van der Waals surface area contributed by atoms with Gasteiger partial charge in [-0.2, -0.15) is 0 Å². The van der Waals surface area contributed by atoms with E-state index in [9.17, 15) is 8.42 Å². The molecule has 0 radical (unpaired) electrons. The molecule has 6 heteroatoms. The molecular weight excluding hydrogens is 358 g/mol. The van der Waals surface area contributed by atoms with E-state index < -0.39 is 9.84 Å². The summed E-state index contributed by atoms with van der Waals surface area (Å²) in [6.45, 7) is 7.35. The van der Waals surface area contributed by atoms with Crippen LogP contribution >= 0.6 is 0 Å². The minimum Gasteiger partial charge on any atom is -0.367 e. The van der Waals surface area contributed by atoms with E-state index in [1.807, 2.05) is 18.2 Å². The lowest BCUT2D eigenvalue weighted by Crippen LogP contribution is -2.46. The lowest BCUT2D eigenvalue weighted by atomic mass is 10.2. The Morgan fingerprint density at radius 3 is 2.41 bits per heavy atom. The highest BCUT2D eigenvalue weighted by molar-refractivity contribution is 7.91. The van der Waals surface area contributed by atoms with Gasteiger partial charge < -0.3 is 9.88 Å². The minimum atomic E-state index is -3.54. The summed E-state index contributed by atoms with van der Waals surface area (Å²) in [7, 11) is -3.54. The molecule has 4 rings (SSSR count). The van der Waals surface area contributed by atoms with Gasteiger partial charge in [-0.25, -0.2) is 8.42 Å². The number of fused-ring (bicyclic) bond motifs is 1. The van der Waals surface area contributed by atoms with Gasteiger partial charge in [0.15, 0.2) is 0 Å². The van der Waals surface area contributed by atoms with Gasteiger partial charge in [-0.05, 0) is 31.2 Å². The Labute approximate surface area is 160 Å². The average molecular weight is 384 g/mol. The Morgan fingerprint density at radius 1 is 0.963 bits per heavy atom. The van der Waals surface area contributed by atoms with E-state index in [2.05, 4.69) is 27.8 Å². The summed E-state index contributed by atoms with van der Waals surface area (Å²) < 4.78 is 26.1. The van der Waals surface area contributed by atoms with Crippen molar-refractivity contribution in [2.45, 2.75) is 23.1 Å². The second-order valence-corrected chi connectivity index (χ2v) is 8.92. The molecule has 0 unspecified atom stereocenters. The van der Waals surface area contributed by atoms with E-state index >= 15 is 0 Å². The Balaban J connectivity index is 1.69. The van der Waals surface area contributed by atoms with Crippen molar-refractivity contribution in [3.63, 3.8) is 0 Å². The third-order valence-electron chi connectivity index (χ3n) is 5.25. The Morgan fingerprint density at radius 2 is 1.70 bits per heavy atom. The lowest BCUT2D eigenvalue weighted by Gasteiger charge is -2.36. The van der Waals surface area contributed by atoms with Gasteiger partial charge in [0.05, 0.1) is 21.0 Å². The Bertz CT molecular complexity index is 1020. The molecule has 1 aliphatic heterocycles. The van der Waals surface area contributed by atoms with Crippen LogP contribution in [0.3, 0.4) is 0 Å². The Hall–Kier alpha value is -2.31. The summed E-state index contributed by atoms with van der Waals surface area (Å²) in [5.41, 5.74) is 1.98. The highest BCUT2D eigenvalue weighted by Gasteiger charge is 2.24. The van der Waals surface area contributed by atoms with Crippen molar-refractivity contribution in [1.82, 2.24) is 9.88 Å². The number of anilines is 1. The molecule has 1 fully saturated rings. The molecule has 0 atom stereocenters. The summed E-state index contributed by atoms with van der Waals surface area (Å²) in [5, 5.41) is 0.757. The number of aromatic amines is 1. The monoisotopic (exact) mass is 383 g/mol. The third-order valence-corrected chi connectivity index (χ3v) is 7.06. The van der Waals surface area contributed by atoms with E-state index in [0.717, 1.165) is 49.3 Å². The number of sulfone groups is 1. The van der Waals surface area contributed by atoms with Gasteiger partial charge in [0, 0.05) is 37.8 Å². The summed E-state index contributed by atoms with van der Waals surface area (Å²) in [6, 6.07) is 14.5. The van der Waals surface area contributed by atoms with E-state index in [0.29, 0.717) is 9.79 Å². The molecule has 2 aromatic carbocycles. The average Bonchev–Trinajstić information content (AvgIpc) is 3.15. The lowest BCUT2D eigenvalue weighted by molar-refractivity contribution is 0.258. The van der Waals surface area contributed by atoms with Gasteiger partial charge in [-0.1, -0.05) is 37.3 Å². The second-order valence-electron chi connectivity index (χ2n) is 7.00. The molecule has 1 aliphatic rings. The molecule has 5 nitrogen and oxygen atoms in total. The van der Waals surface area contributed by atoms with Gasteiger partial charge in [0.25, 0.3) is 0 Å². The molecule has 0 bridgehead atoms. The van der Waals surface area contributed by atoms with E-state index in [4.69, 9.17) is 0 Å². The zero-order chi connectivity index (χ0) is 18.9. The summed E-state index contributed by atoms with van der Waals surface area (Å²) in [6.07, 6.45) is 2.80. The van der Waals surface area contributed by atoms with Crippen LogP contribution in [0.25, 0.3) is 10.9 Å². The van der Waals surface area contributed by atoms with Crippen LogP contribution in [0.4, 0.5) is 5.69 Å². The molecule has 1 saturated heterocycles. The number of aromatic nitrogens is 1. The number of H-pyrrole nitrogens is 1. The highest BCUT2D eigenvalue weighted by atomic mass is 32.2. The van der Waals surface area contributed by atoms with Crippen LogP contribution in [0.2, 0.25) is 0 Å².